The highest BCUT2D eigenvalue weighted by atomic mass is 32.2. The molecule has 0 radical (unpaired) electrons. The molecule has 25 heavy (non-hydrogen) atoms. The fraction of sp³-hybridized carbons (Fsp3) is 0.333. The summed E-state index contributed by atoms with van der Waals surface area (Å²) < 4.78 is 39.8. The van der Waals surface area contributed by atoms with Crippen LogP contribution < -0.4 is 0 Å². The van der Waals surface area contributed by atoms with E-state index in [1.807, 2.05) is 17.5 Å². The molecule has 4 rings (SSSR count). The molecule has 0 amide bonds. The lowest BCUT2D eigenvalue weighted by Crippen LogP contribution is -2.09. The van der Waals surface area contributed by atoms with E-state index in [2.05, 4.69) is 25.0 Å². The van der Waals surface area contributed by atoms with Crippen LogP contribution in [0.2, 0.25) is 0 Å². The first-order chi connectivity index (χ1) is 12.0. The SMILES string of the molecule is FC(F)(F)c1ccc(Sc2nnc(Cc3cccs3)n2C2CC2)nn1. The van der Waals surface area contributed by atoms with Crippen molar-refractivity contribution in [2.75, 3.05) is 0 Å². The number of rotatable bonds is 5. The minimum atomic E-state index is -4.49. The van der Waals surface area contributed by atoms with Gasteiger partial charge in [-0.05, 0) is 48.2 Å². The zero-order valence-electron chi connectivity index (χ0n) is 12.8. The van der Waals surface area contributed by atoms with Crippen LogP contribution in [0, 0.1) is 0 Å². The van der Waals surface area contributed by atoms with E-state index in [0.717, 1.165) is 24.7 Å². The molecule has 0 aliphatic heterocycles. The van der Waals surface area contributed by atoms with Crippen molar-refractivity contribution in [1.29, 1.82) is 0 Å². The fourth-order valence-electron chi connectivity index (χ4n) is 2.39. The van der Waals surface area contributed by atoms with E-state index in [-0.39, 0.29) is 0 Å². The molecular weight excluding hydrogens is 371 g/mol. The van der Waals surface area contributed by atoms with Crippen LogP contribution in [0.4, 0.5) is 13.2 Å². The Bertz CT molecular complexity index is 854. The van der Waals surface area contributed by atoms with E-state index < -0.39 is 11.9 Å². The van der Waals surface area contributed by atoms with Crippen LogP contribution in [0.3, 0.4) is 0 Å². The van der Waals surface area contributed by atoms with Crippen molar-refractivity contribution >= 4 is 23.1 Å². The van der Waals surface area contributed by atoms with Crippen LogP contribution in [-0.4, -0.2) is 25.0 Å². The van der Waals surface area contributed by atoms with Crippen LogP contribution in [-0.2, 0) is 12.6 Å². The second-order valence-corrected chi connectivity index (χ2v) is 7.63. The quantitative estimate of drug-likeness (QED) is 0.660. The summed E-state index contributed by atoms with van der Waals surface area (Å²) in [5.74, 6) is 0.868. The molecule has 1 aliphatic carbocycles. The number of halogens is 3. The summed E-state index contributed by atoms with van der Waals surface area (Å²) in [5.41, 5.74) is -1.00. The van der Waals surface area contributed by atoms with Gasteiger partial charge >= 0.3 is 6.18 Å². The molecule has 1 fully saturated rings. The largest absolute Gasteiger partial charge is 0.435 e. The molecule has 3 aromatic heterocycles. The molecule has 130 valence electrons. The highest BCUT2D eigenvalue weighted by molar-refractivity contribution is 7.99. The first-order valence-electron chi connectivity index (χ1n) is 7.55. The Balaban J connectivity index is 1.57. The van der Waals surface area contributed by atoms with Gasteiger partial charge in [-0.2, -0.15) is 13.2 Å². The lowest BCUT2D eigenvalue weighted by Gasteiger charge is -2.08. The van der Waals surface area contributed by atoms with Crippen LogP contribution in [0.1, 0.15) is 35.3 Å². The molecule has 0 atom stereocenters. The minimum absolute atomic E-state index is 0.356. The molecule has 3 heterocycles. The van der Waals surface area contributed by atoms with E-state index >= 15 is 0 Å². The van der Waals surface area contributed by atoms with Crippen molar-refractivity contribution in [1.82, 2.24) is 25.0 Å². The number of hydrogen-bond donors (Lipinski definition) is 0. The summed E-state index contributed by atoms with van der Waals surface area (Å²) in [4.78, 5) is 1.19. The minimum Gasteiger partial charge on any atom is -0.302 e. The molecule has 1 saturated carbocycles. The Labute approximate surface area is 149 Å². The van der Waals surface area contributed by atoms with E-state index in [0.29, 0.717) is 22.6 Å². The molecule has 0 aromatic carbocycles. The van der Waals surface area contributed by atoms with Gasteiger partial charge in [-0.15, -0.1) is 31.7 Å². The Hall–Kier alpha value is -1.94. The number of aromatic nitrogens is 5. The van der Waals surface area contributed by atoms with Gasteiger partial charge in [-0.25, -0.2) is 0 Å². The topological polar surface area (TPSA) is 56.5 Å². The molecule has 10 heteroatoms. The fourth-order valence-corrected chi connectivity index (χ4v) is 3.93. The summed E-state index contributed by atoms with van der Waals surface area (Å²) in [5, 5.41) is 18.4. The van der Waals surface area contributed by atoms with Gasteiger partial charge in [0.05, 0.1) is 0 Å². The van der Waals surface area contributed by atoms with Crippen LogP contribution in [0.5, 0.6) is 0 Å². The van der Waals surface area contributed by atoms with Crippen molar-refractivity contribution in [2.45, 2.75) is 41.7 Å². The average molecular weight is 383 g/mol. The van der Waals surface area contributed by atoms with E-state index in [4.69, 9.17) is 0 Å². The first kappa shape index (κ1) is 16.5. The second kappa shape index (κ2) is 6.41. The number of nitrogens with zero attached hydrogens (tertiary/aromatic N) is 5. The third-order valence-corrected chi connectivity index (χ3v) is 5.45. The third kappa shape index (κ3) is 3.69. The Morgan fingerprint density at radius 2 is 1.96 bits per heavy atom. The van der Waals surface area contributed by atoms with Gasteiger partial charge in [0.25, 0.3) is 0 Å². The van der Waals surface area contributed by atoms with Crippen LogP contribution in [0.25, 0.3) is 0 Å². The zero-order valence-corrected chi connectivity index (χ0v) is 14.4. The monoisotopic (exact) mass is 383 g/mol. The number of thiophene rings is 1. The Morgan fingerprint density at radius 3 is 2.56 bits per heavy atom. The van der Waals surface area contributed by atoms with Crippen molar-refractivity contribution in [2.24, 2.45) is 0 Å². The van der Waals surface area contributed by atoms with Crippen molar-refractivity contribution in [3.8, 4) is 0 Å². The molecule has 0 unspecified atom stereocenters. The summed E-state index contributed by atoms with van der Waals surface area (Å²) >= 11 is 2.85. The smallest absolute Gasteiger partial charge is 0.302 e. The summed E-state index contributed by atoms with van der Waals surface area (Å²) in [7, 11) is 0. The van der Waals surface area contributed by atoms with Crippen LogP contribution >= 0.6 is 23.1 Å². The van der Waals surface area contributed by atoms with Gasteiger partial charge < -0.3 is 4.57 Å². The van der Waals surface area contributed by atoms with Gasteiger partial charge in [-0.1, -0.05) is 6.07 Å². The number of alkyl halides is 3. The van der Waals surface area contributed by atoms with Crippen molar-refractivity contribution in [3.63, 3.8) is 0 Å². The summed E-state index contributed by atoms with van der Waals surface area (Å²) in [6, 6.07) is 6.64. The maximum atomic E-state index is 12.6. The van der Waals surface area contributed by atoms with Gasteiger partial charge in [0.15, 0.2) is 10.9 Å². The molecule has 1 aliphatic rings. The highest BCUT2D eigenvalue weighted by Gasteiger charge is 2.33. The van der Waals surface area contributed by atoms with E-state index in [9.17, 15) is 13.2 Å². The summed E-state index contributed by atoms with van der Waals surface area (Å²) in [6.45, 7) is 0. The van der Waals surface area contributed by atoms with Gasteiger partial charge in [-0.3, -0.25) is 0 Å². The molecular formula is C15H12F3N5S2. The Kier molecular flexibility index (Phi) is 4.24. The first-order valence-corrected chi connectivity index (χ1v) is 9.25. The van der Waals surface area contributed by atoms with E-state index in [1.165, 1.54) is 22.7 Å². The van der Waals surface area contributed by atoms with Gasteiger partial charge in [0.1, 0.15) is 10.9 Å². The standard InChI is InChI=1S/C15H12F3N5S2/c16-15(17,18)11-5-6-13(21-19-11)25-14-22-20-12(23(14)9-3-4-9)8-10-2-1-7-24-10/h1-2,5-7,9H,3-4,8H2. The van der Waals surface area contributed by atoms with Crippen molar-refractivity contribution < 1.29 is 13.2 Å². The summed E-state index contributed by atoms with van der Waals surface area (Å²) in [6.07, 6.45) is -1.68. The Morgan fingerprint density at radius 1 is 1.12 bits per heavy atom. The predicted octanol–water partition coefficient (Wildman–Crippen LogP) is 4.23. The zero-order chi connectivity index (χ0) is 17.4. The van der Waals surface area contributed by atoms with Gasteiger partial charge in [0, 0.05) is 17.3 Å². The predicted molar refractivity (Wildman–Crippen MR) is 86.6 cm³/mol. The van der Waals surface area contributed by atoms with Gasteiger partial charge in [0.2, 0.25) is 0 Å². The van der Waals surface area contributed by atoms with Crippen LogP contribution in [0.15, 0.2) is 39.8 Å². The second-order valence-electron chi connectivity index (χ2n) is 5.61. The lowest BCUT2D eigenvalue weighted by molar-refractivity contribution is -0.141. The highest BCUT2D eigenvalue weighted by Crippen LogP contribution is 2.40. The maximum Gasteiger partial charge on any atom is 0.435 e. The van der Waals surface area contributed by atoms with Crippen molar-refractivity contribution in [3.05, 3.63) is 46.0 Å². The lowest BCUT2D eigenvalue weighted by atomic mass is 10.3. The molecule has 0 N–H and O–H groups in total. The molecule has 0 bridgehead atoms. The molecule has 5 nitrogen and oxygen atoms in total. The average Bonchev–Trinajstić information content (AvgIpc) is 3.13. The normalized spacial score (nSPS) is 14.8. The van der Waals surface area contributed by atoms with E-state index in [1.54, 1.807) is 11.3 Å². The molecule has 0 spiro atoms. The number of hydrogen-bond acceptors (Lipinski definition) is 6. The third-order valence-electron chi connectivity index (χ3n) is 3.69. The molecule has 3 aromatic rings. The maximum absolute atomic E-state index is 12.6. The molecule has 0 saturated heterocycles.